The highest BCUT2D eigenvalue weighted by molar-refractivity contribution is 5.70. The van der Waals surface area contributed by atoms with Crippen molar-refractivity contribution in [2.45, 2.75) is 69.7 Å². The van der Waals surface area contributed by atoms with Crippen LogP contribution in [0.15, 0.2) is 18.2 Å². The number of nitrogens with zero attached hydrogens (tertiary/aromatic N) is 1. The fourth-order valence-corrected chi connectivity index (χ4v) is 5.63. The van der Waals surface area contributed by atoms with Gasteiger partial charge in [-0.05, 0) is 54.8 Å². The molecule has 1 saturated heterocycles. The van der Waals surface area contributed by atoms with Crippen LogP contribution >= 0.6 is 0 Å². The van der Waals surface area contributed by atoms with Gasteiger partial charge in [-0.2, -0.15) is 0 Å². The topological polar surface area (TPSA) is 41.6 Å². The van der Waals surface area contributed by atoms with Crippen LogP contribution in [0.1, 0.15) is 68.4 Å². The van der Waals surface area contributed by atoms with Crippen LogP contribution in [0.3, 0.4) is 0 Å². The summed E-state index contributed by atoms with van der Waals surface area (Å²) in [5.74, 6) is 3.05. The van der Waals surface area contributed by atoms with Crippen LogP contribution in [-0.4, -0.2) is 37.7 Å². The summed E-state index contributed by atoms with van der Waals surface area (Å²) in [4.78, 5) is 13.5. The normalized spacial score (nSPS) is 27.3. The molecule has 3 unspecified atom stereocenters. The lowest BCUT2D eigenvalue weighted by atomic mass is 9.73. The third-order valence-corrected chi connectivity index (χ3v) is 7.04. The van der Waals surface area contributed by atoms with E-state index < -0.39 is 0 Å². The molecule has 1 amide bonds. The van der Waals surface area contributed by atoms with Crippen LogP contribution in [0.5, 0.6) is 5.75 Å². The first-order valence-corrected chi connectivity index (χ1v) is 10.9. The van der Waals surface area contributed by atoms with Crippen LogP contribution in [0.2, 0.25) is 0 Å². The Morgan fingerprint density at radius 3 is 2.78 bits per heavy atom. The van der Waals surface area contributed by atoms with Crippen molar-refractivity contribution in [2.75, 3.05) is 20.6 Å². The van der Waals surface area contributed by atoms with Crippen molar-refractivity contribution in [3.8, 4) is 5.75 Å². The molecular formula is C23H34N2O2. The van der Waals surface area contributed by atoms with E-state index in [4.69, 9.17) is 4.74 Å². The van der Waals surface area contributed by atoms with Gasteiger partial charge in [-0.25, -0.2) is 4.79 Å². The number of benzene rings is 1. The summed E-state index contributed by atoms with van der Waals surface area (Å²) in [6, 6.07) is 6.88. The van der Waals surface area contributed by atoms with Gasteiger partial charge in [0.15, 0.2) is 0 Å². The first-order chi connectivity index (χ1) is 13.1. The molecule has 4 rings (SSSR count). The second-order valence-electron chi connectivity index (χ2n) is 9.01. The molecule has 0 radical (unpaired) electrons. The Kier molecular flexibility index (Phi) is 5.72. The summed E-state index contributed by atoms with van der Waals surface area (Å²) < 4.78 is 5.67. The maximum Gasteiger partial charge on any atom is 0.414 e. The lowest BCUT2D eigenvalue weighted by Crippen LogP contribution is -2.32. The highest BCUT2D eigenvalue weighted by Gasteiger charge is 2.40. The zero-order valence-corrected chi connectivity index (χ0v) is 16.9. The molecule has 1 saturated carbocycles. The zero-order chi connectivity index (χ0) is 18.8. The first kappa shape index (κ1) is 18.8. The van der Waals surface area contributed by atoms with E-state index in [0.717, 1.165) is 37.0 Å². The summed E-state index contributed by atoms with van der Waals surface area (Å²) in [5, 5.41) is 3.79. The Bertz CT molecular complexity index is 666. The van der Waals surface area contributed by atoms with Gasteiger partial charge < -0.3 is 15.0 Å². The Morgan fingerprint density at radius 1 is 1.19 bits per heavy atom. The number of amides is 1. The van der Waals surface area contributed by atoms with E-state index in [1.54, 1.807) is 14.1 Å². The van der Waals surface area contributed by atoms with Gasteiger partial charge in [0, 0.05) is 26.1 Å². The summed E-state index contributed by atoms with van der Waals surface area (Å²) in [7, 11) is 3.46. The molecule has 1 aliphatic heterocycles. The second-order valence-corrected chi connectivity index (χ2v) is 9.01. The first-order valence-electron chi connectivity index (χ1n) is 10.9. The van der Waals surface area contributed by atoms with Gasteiger partial charge in [0.1, 0.15) is 5.75 Å². The number of carbonyl (C=O) groups is 1. The average Bonchev–Trinajstić information content (AvgIpc) is 3.32. The smallest absolute Gasteiger partial charge is 0.410 e. The molecule has 4 nitrogen and oxygen atoms in total. The Labute approximate surface area is 163 Å². The molecule has 2 fully saturated rings. The van der Waals surface area contributed by atoms with Gasteiger partial charge in [0.2, 0.25) is 0 Å². The SMILES string of the molecule is CN(C)C(=O)Oc1cccc2c1CCC1NCC(CCCC3CCCC3)C21. The van der Waals surface area contributed by atoms with Crippen molar-refractivity contribution < 1.29 is 9.53 Å². The Hall–Kier alpha value is -1.55. The van der Waals surface area contributed by atoms with E-state index >= 15 is 0 Å². The number of nitrogens with one attached hydrogen (secondary N) is 1. The predicted molar refractivity (Wildman–Crippen MR) is 108 cm³/mol. The van der Waals surface area contributed by atoms with Crippen molar-refractivity contribution in [1.82, 2.24) is 10.2 Å². The highest BCUT2D eigenvalue weighted by atomic mass is 16.6. The minimum Gasteiger partial charge on any atom is -0.410 e. The number of ether oxygens (including phenoxy) is 1. The molecule has 1 aromatic carbocycles. The third-order valence-electron chi connectivity index (χ3n) is 7.04. The van der Waals surface area contributed by atoms with E-state index in [0.29, 0.717) is 12.0 Å². The number of hydrogen-bond donors (Lipinski definition) is 1. The molecule has 1 heterocycles. The molecule has 3 atom stereocenters. The van der Waals surface area contributed by atoms with Gasteiger partial charge in [0.05, 0.1) is 0 Å². The van der Waals surface area contributed by atoms with Gasteiger partial charge in [0.25, 0.3) is 0 Å². The van der Waals surface area contributed by atoms with E-state index in [1.165, 1.54) is 61.0 Å². The molecule has 0 bridgehead atoms. The second kappa shape index (κ2) is 8.22. The molecule has 148 valence electrons. The third kappa shape index (κ3) is 4.01. The van der Waals surface area contributed by atoms with Crippen molar-refractivity contribution >= 4 is 6.09 Å². The van der Waals surface area contributed by atoms with Crippen molar-refractivity contribution in [3.05, 3.63) is 29.3 Å². The molecule has 1 aromatic rings. The largest absolute Gasteiger partial charge is 0.414 e. The van der Waals surface area contributed by atoms with Crippen LogP contribution in [0, 0.1) is 11.8 Å². The van der Waals surface area contributed by atoms with Crippen molar-refractivity contribution in [1.29, 1.82) is 0 Å². The fourth-order valence-electron chi connectivity index (χ4n) is 5.63. The van der Waals surface area contributed by atoms with Crippen LogP contribution in [0.4, 0.5) is 4.79 Å². The molecule has 0 spiro atoms. The molecular weight excluding hydrogens is 336 g/mol. The van der Waals surface area contributed by atoms with Gasteiger partial charge >= 0.3 is 6.09 Å². The van der Waals surface area contributed by atoms with Crippen LogP contribution in [0.25, 0.3) is 0 Å². The number of carbonyl (C=O) groups excluding carboxylic acids is 1. The van der Waals surface area contributed by atoms with Gasteiger partial charge in [-0.1, -0.05) is 50.7 Å². The molecule has 3 aliphatic rings. The van der Waals surface area contributed by atoms with Crippen LogP contribution in [-0.2, 0) is 6.42 Å². The highest BCUT2D eigenvalue weighted by Crippen LogP contribution is 2.45. The minimum absolute atomic E-state index is 0.289. The van der Waals surface area contributed by atoms with Gasteiger partial charge in [-0.3, -0.25) is 0 Å². The quantitative estimate of drug-likeness (QED) is 0.815. The van der Waals surface area contributed by atoms with Crippen molar-refractivity contribution in [3.63, 3.8) is 0 Å². The Balaban J connectivity index is 1.46. The maximum absolute atomic E-state index is 12.0. The van der Waals surface area contributed by atoms with E-state index in [2.05, 4.69) is 17.4 Å². The monoisotopic (exact) mass is 370 g/mol. The van der Waals surface area contributed by atoms with E-state index in [9.17, 15) is 4.79 Å². The lowest BCUT2D eigenvalue weighted by molar-refractivity contribution is 0.171. The molecule has 0 aromatic heterocycles. The minimum atomic E-state index is -0.289. The number of fused-ring (bicyclic) bond motifs is 3. The standard InChI is InChI=1S/C23H34N2O2/c1-25(2)23(26)27-21-12-6-11-19-18(21)13-14-20-22(19)17(15-24-20)10-5-9-16-7-3-4-8-16/h6,11-12,16-17,20,22,24H,3-5,7-10,13-15H2,1-2H3. The summed E-state index contributed by atoms with van der Waals surface area (Å²) in [6.45, 7) is 1.14. The number of hydrogen-bond acceptors (Lipinski definition) is 3. The van der Waals surface area contributed by atoms with E-state index in [1.807, 2.05) is 6.07 Å². The predicted octanol–water partition coefficient (Wildman–Crippen LogP) is 4.73. The Morgan fingerprint density at radius 2 is 2.00 bits per heavy atom. The summed E-state index contributed by atoms with van der Waals surface area (Å²) in [6.07, 6.45) is 11.8. The summed E-state index contributed by atoms with van der Waals surface area (Å²) in [5.41, 5.74) is 2.68. The van der Waals surface area contributed by atoms with Crippen molar-refractivity contribution in [2.24, 2.45) is 11.8 Å². The maximum atomic E-state index is 12.0. The average molecular weight is 371 g/mol. The lowest BCUT2D eigenvalue weighted by Gasteiger charge is -2.32. The molecule has 27 heavy (non-hydrogen) atoms. The van der Waals surface area contributed by atoms with E-state index in [-0.39, 0.29) is 6.09 Å². The summed E-state index contributed by atoms with van der Waals surface area (Å²) >= 11 is 0. The fraction of sp³-hybridized carbons (Fsp3) is 0.696. The molecule has 4 heteroatoms. The molecule has 2 aliphatic carbocycles. The number of rotatable bonds is 5. The van der Waals surface area contributed by atoms with Crippen LogP contribution < -0.4 is 10.1 Å². The zero-order valence-electron chi connectivity index (χ0n) is 16.9. The van der Waals surface area contributed by atoms with Gasteiger partial charge in [-0.15, -0.1) is 0 Å². The molecule has 1 N–H and O–H groups in total.